The van der Waals surface area contributed by atoms with Crippen LogP contribution in [-0.2, 0) is 9.47 Å². The van der Waals surface area contributed by atoms with Gasteiger partial charge in [0.05, 0.1) is 24.4 Å². The number of hydrogen-bond donors (Lipinski definition) is 2. The Bertz CT molecular complexity index is 329. The molecule has 108 valence electrons. The molecule has 0 amide bonds. The van der Waals surface area contributed by atoms with Crippen LogP contribution in [0.1, 0.15) is 38.5 Å². The zero-order valence-electron chi connectivity index (χ0n) is 11.7. The number of aliphatic imine (C=N–C) groups is 1. The predicted octanol–water partition coefficient (Wildman–Crippen LogP) is 1.04. The molecule has 0 aromatic carbocycles. The van der Waals surface area contributed by atoms with Crippen LogP contribution in [0.2, 0.25) is 0 Å². The number of hydrogen-bond acceptors (Lipinski definition) is 3. The van der Waals surface area contributed by atoms with Crippen molar-refractivity contribution in [3.8, 4) is 0 Å². The van der Waals surface area contributed by atoms with E-state index < -0.39 is 0 Å². The van der Waals surface area contributed by atoms with E-state index in [1.807, 2.05) is 7.05 Å². The topological polar surface area (TPSA) is 54.9 Å². The molecule has 3 aliphatic heterocycles. The number of rotatable bonds is 4. The van der Waals surface area contributed by atoms with E-state index in [1.165, 1.54) is 25.7 Å². The first-order chi connectivity index (χ1) is 9.35. The van der Waals surface area contributed by atoms with Crippen molar-refractivity contribution in [2.24, 2.45) is 4.99 Å². The van der Waals surface area contributed by atoms with E-state index in [1.54, 1.807) is 0 Å². The summed E-state index contributed by atoms with van der Waals surface area (Å²) in [4.78, 5) is 4.30. The lowest BCUT2D eigenvalue weighted by Gasteiger charge is -2.23. The van der Waals surface area contributed by atoms with Crippen LogP contribution in [0.25, 0.3) is 0 Å². The van der Waals surface area contributed by atoms with E-state index in [2.05, 4.69) is 15.6 Å². The van der Waals surface area contributed by atoms with Crippen molar-refractivity contribution in [3.63, 3.8) is 0 Å². The summed E-state index contributed by atoms with van der Waals surface area (Å²) in [6.45, 7) is 1.85. The molecule has 3 saturated heterocycles. The Hall–Kier alpha value is -0.810. The Kier molecular flexibility index (Phi) is 4.23. The van der Waals surface area contributed by atoms with Gasteiger partial charge < -0.3 is 20.1 Å². The summed E-state index contributed by atoms with van der Waals surface area (Å²) in [7, 11) is 1.83. The molecule has 0 aromatic heterocycles. The zero-order chi connectivity index (χ0) is 13.1. The summed E-state index contributed by atoms with van der Waals surface area (Å²) in [5.41, 5.74) is 0. The van der Waals surface area contributed by atoms with Gasteiger partial charge in [0, 0.05) is 20.2 Å². The number of fused-ring (bicyclic) bond motifs is 2. The molecule has 2 N–H and O–H groups in total. The molecule has 4 atom stereocenters. The summed E-state index contributed by atoms with van der Waals surface area (Å²) >= 11 is 0. The monoisotopic (exact) mass is 267 g/mol. The lowest BCUT2D eigenvalue weighted by atomic mass is 9.96. The van der Waals surface area contributed by atoms with E-state index in [9.17, 15) is 0 Å². The molecular weight excluding hydrogens is 242 g/mol. The third-order valence-electron chi connectivity index (χ3n) is 4.43. The Balaban J connectivity index is 1.38. The lowest BCUT2D eigenvalue weighted by Crippen LogP contribution is -2.47. The van der Waals surface area contributed by atoms with Crippen molar-refractivity contribution < 1.29 is 9.47 Å². The smallest absolute Gasteiger partial charge is 0.191 e. The van der Waals surface area contributed by atoms with Gasteiger partial charge in [0.2, 0.25) is 0 Å². The maximum Gasteiger partial charge on any atom is 0.191 e. The SMILES string of the molecule is CN=C(NCCC1CCCO1)NC1CC2CCC1O2. The van der Waals surface area contributed by atoms with Crippen molar-refractivity contribution in [2.45, 2.75) is 62.9 Å². The maximum absolute atomic E-state index is 5.85. The molecule has 3 fully saturated rings. The van der Waals surface area contributed by atoms with Gasteiger partial charge in [-0.1, -0.05) is 0 Å². The van der Waals surface area contributed by atoms with Crippen molar-refractivity contribution in [2.75, 3.05) is 20.2 Å². The van der Waals surface area contributed by atoms with Gasteiger partial charge in [0.25, 0.3) is 0 Å². The van der Waals surface area contributed by atoms with E-state index in [0.717, 1.165) is 32.0 Å². The fourth-order valence-corrected chi connectivity index (χ4v) is 3.38. The van der Waals surface area contributed by atoms with Crippen LogP contribution in [0.3, 0.4) is 0 Å². The van der Waals surface area contributed by atoms with Crippen molar-refractivity contribution in [3.05, 3.63) is 0 Å². The van der Waals surface area contributed by atoms with Gasteiger partial charge in [-0.15, -0.1) is 0 Å². The van der Waals surface area contributed by atoms with Crippen LogP contribution in [0, 0.1) is 0 Å². The molecule has 5 heteroatoms. The molecule has 3 heterocycles. The minimum atomic E-state index is 0.390. The van der Waals surface area contributed by atoms with Crippen LogP contribution in [0.4, 0.5) is 0 Å². The second kappa shape index (κ2) is 6.09. The molecule has 4 unspecified atom stereocenters. The first-order valence-corrected chi connectivity index (χ1v) is 7.59. The third-order valence-corrected chi connectivity index (χ3v) is 4.43. The van der Waals surface area contributed by atoms with Gasteiger partial charge in [-0.25, -0.2) is 0 Å². The highest BCUT2D eigenvalue weighted by Crippen LogP contribution is 2.34. The fraction of sp³-hybridized carbons (Fsp3) is 0.929. The number of ether oxygens (including phenoxy) is 2. The first kappa shape index (κ1) is 13.2. The first-order valence-electron chi connectivity index (χ1n) is 7.59. The minimum absolute atomic E-state index is 0.390. The molecule has 0 saturated carbocycles. The van der Waals surface area contributed by atoms with Crippen LogP contribution in [0.5, 0.6) is 0 Å². The Morgan fingerprint density at radius 1 is 1.32 bits per heavy atom. The molecule has 0 aliphatic carbocycles. The second-order valence-electron chi connectivity index (χ2n) is 5.78. The third kappa shape index (κ3) is 3.20. The highest BCUT2D eigenvalue weighted by atomic mass is 16.5. The van der Waals surface area contributed by atoms with Gasteiger partial charge in [-0.2, -0.15) is 0 Å². The highest BCUT2D eigenvalue weighted by Gasteiger charge is 2.41. The molecule has 3 aliphatic rings. The zero-order valence-corrected chi connectivity index (χ0v) is 11.7. The van der Waals surface area contributed by atoms with Gasteiger partial charge in [-0.3, -0.25) is 4.99 Å². The number of nitrogens with zero attached hydrogens (tertiary/aromatic N) is 1. The van der Waals surface area contributed by atoms with Crippen molar-refractivity contribution >= 4 is 5.96 Å². The summed E-state index contributed by atoms with van der Waals surface area (Å²) < 4.78 is 11.5. The van der Waals surface area contributed by atoms with Crippen molar-refractivity contribution in [1.29, 1.82) is 0 Å². The summed E-state index contributed by atoms with van der Waals surface area (Å²) in [6, 6.07) is 0.438. The summed E-state index contributed by atoms with van der Waals surface area (Å²) in [6.07, 6.45) is 8.33. The quantitative estimate of drug-likeness (QED) is 0.590. The number of guanidine groups is 1. The average Bonchev–Trinajstić information content (AvgIpc) is 3.14. The normalized spacial score (nSPS) is 37.8. The van der Waals surface area contributed by atoms with Crippen molar-refractivity contribution in [1.82, 2.24) is 10.6 Å². The summed E-state index contributed by atoms with van der Waals surface area (Å²) in [5.74, 6) is 0.902. The van der Waals surface area contributed by atoms with Gasteiger partial charge in [0.1, 0.15) is 0 Å². The lowest BCUT2D eigenvalue weighted by molar-refractivity contribution is 0.0990. The second-order valence-corrected chi connectivity index (χ2v) is 5.78. The standard InChI is InChI=1S/C14H25N3O2/c1-15-14(16-7-6-10-3-2-8-18-10)17-12-9-11-4-5-13(12)19-11/h10-13H,2-9H2,1H3,(H2,15,16,17). The van der Waals surface area contributed by atoms with Crippen LogP contribution in [0.15, 0.2) is 4.99 Å². The van der Waals surface area contributed by atoms with Gasteiger partial charge in [-0.05, 0) is 38.5 Å². The largest absolute Gasteiger partial charge is 0.378 e. The molecule has 19 heavy (non-hydrogen) atoms. The molecule has 0 aromatic rings. The summed E-state index contributed by atoms with van der Waals surface area (Å²) in [5, 5.41) is 6.88. The Labute approximate surface area is 115 Å². The van der Waals surface area contributed by atoms with Crippen LogP contribution < -0.4 is 10.6 Å². The molecule has 0 spiro atoms. The highest BCUT2D eigenvalue weighted by molar-refractivity contribution is 5.80. The maximum atomic E-state index is 5.85. The Morgan fingerprint density at radius 2 is 2.26 bits per heavy atom. The van der Waals surface area contributed by atoms with Crippen LogP contribution in [-0.4, -0.2) is 50.5 Å². The fourth-order valence-electron chi connectivity index (χ4n) is 3.38. The molecule has 0 radical (unpaired) electrons. The van der Waals surface area contributed by atoms with Gasteiger partial charge in [0.15, 0.2) is 5.96 Å². The van der Waals surface area contributed by atoms with Crippen LogP contribution >= 0.6 is 0 Å². The average molecular weight is 267 g/mol. The molecule has 3 rings (SSSR count). The molecule has 5 nitrogen and oxygen atoms in total. The van der Waals surface area contributed by atoms with E-state index >= 15 is 0 Å². The molecule has 2 bridgehead atoms. The van der Waals surface area contributed by atoms with E-state index in [4.69, 9.17) is 9.47 Å². The number of nitrogens with one attached hydrogen (secondary N) is 2. The molecular formula is C14H25N3O2. The van der Waals surface area contributed by atoms with E-state index in [0.29, 0.717) is 24.4 Å². The minimum Gasteiger partial charge on any atom is -0.378 e. The predicted molar refractivity (Wildman–Crippen MR) is 74.4 cm³/mol. The van der Waals surface area contributed by atoms with Gasteiger partial charge >= 0.3 is 0 Å². The Morgan fingerprint density at radius 3 is 2.89 bits per heavy atom. The van der Waals surface area contributed by atoms with E-state index in [-0.39, 0.29) is 0 Å².